The molecule has 0 aliphatic carbocycles. The van der Waals surface area contributed by atoms with Crippen LogP contribution in [0.4, 0.5) is 0 Å². The molecule has 0 bridgehead atoms. The Morgan fingerprint density at radius 1 is 1.44 bits per heavy atom. The van der Waals surface area contributed by atoms with Gasteiger partial charge in [0.2, 0.25) is 0 Å². The fourth-order valence-electron chi connectivity index (χ4n) is 1.23. The molecule has 1 aromatic heterocycles. The summed E-state index contributed by atoms with van der Waals surface area (Å²) in [5.41, 5.74) is 1.44. The lowest BCUT2D eigenvalue weighted by Gasteiger charge is -2.19. The molecule has 102 valence electrons. The van der Waals surface area contributed by atoms with Crippen molar-refractivity contribution >= 4 is 38.9 Å². The molecule has 1 amide bonds. The summed E-state index contributed by atoms with van der Waals surface area (Å²) in [6.45, 7) is 3.31. The van der Waals surface area contributed by atoms with E-state index in [2.05, 4.69) is 4.72 Å². The summed E-state index contributed by atoms with van der Waals surface area (Å²) < 4.78 is 26.5. The zero-order valence-electron chi connectivity index (χ0n) is 9.68. The Morgan fingerprint density at radius 3 is 2.44 bits per heavy atom. The minimum absolute atomic E-state index is 0.0175. The minimum Gasteiger partial charge on any atom is -0.289 e. The van der Waals surface area contributed by atoms with Crippen molar-refractivity contribution in [1.29, 1.82) is 0 Å². The van der Waals surface area contributed by atoms with Crippen LogP contribution in [0.2, 0.25) is 4.34 Å². The van der Waals surface area contributed by atoms with Gasteiger partial charge in [0.25, 0.3) is 15.9 Å². The molecule has 0 radical (unpaired) electrons. The molecule has 0 aliphatic rings. The molecule has 18 heavy (non-hydrogen) atoms. The number of rotatable bonds is 5. The van der Waals surface area contributed by atoms with Crippen LogP contribution in [-0.2, 0) is 14.8 Å². The average Bonchev–Trinajstić information content (AvgIpc) is 2.72. The first-order valence-electron chi connectivity index (χ1n) is 4.99. The number of hydroxylamine groups is 1. The van der Waals surface area contributed by atoms with E-state index in [1.165, 1.54) is 17.6 Å². The Morgan fingerprint density at radius 2 is 2.06 bits per heavy atom. The van der Waals surface area contributed by atoms with Gasteiger partial charge in [-0.15, -0.1) is 11.3 Å². The standard InChI is InChI=1S/C9H13ClN2O4S2/c1-5(2)8(9(13)11-14)12-18(15,16)7-4-3-6(10)17-7/h3-5,8,12,14H,1-2H3,(H,11,13)/t8-/m1/s1. The molecule has 0 saturated heterocycles. The number of halogens is 1. The predicted molar refractivity (Wildman–Crippen MR) is 68.2 cm³/mol. The summed E-state index contributed by atoms with van der Waals surface area (Å²) >= 11 is 6.55. The van der Waals surface area contributed by atoms with Crippen molar-refractivity contribution in [2.24, 2.45) is 5.92 Å². The molecular weight excluding hydrogens is 300 g/mol. The molecule has 1 aromatic rings. The maximum Gasteiger partial charge on any atom is 0.261 e. The van der Waals surface area contributed by atoms with Crippen molar-refractivity contribution in [2.45, 2.75) is 24.1 Å². The van der Waals surface area contributed by atoms with Crippen LogP contribution in [0, 0.1) is 5.92 Å². The van der Waals surface area contributed by atoms with E-state index in [0.29, 0.717) is 4.34 Å². The highest BCUT2D eigenvalue weighted by Crippen LogP contribution is 2.25. The Kier molecular flexibility index (Phi) is 5.11. The monoisotopic (exact) mass is 312 g/mol. The first-order valence-corrected chi connectivity index (χ1v) is 7.67. The van der Waals surface area contributed by atoms with Gasteiger partial charge in [0, 0.05) is 0 Å². The van der Waals surface area contributed by atoms with Gasteiger partial charge in [-0.3, -0.25) is 10.0 Å². The van der Waals surface area contributed by atoms with Gasteiger partial charge >= 0.3 is 0 Å². The van der Waals surface area contributed by atoms with Gasteiger partial charge < -0.3 is 0 Å². The zero-order valence-corrected chi connectivity index (χ0v) is 12.1. The van der Waals surface area contributed by atoms with Gasteiger partial charge in [0.05, 0.1) is 4.34 Å². The highest BCUT2D eigenvalue weighted by atomic mass is 35.5. The quantitative estimate of drug-likeness (QED) is 0.562. The highest BCUT2D eigenvalue weighted by molar-refractivity contribution is 7.91. The number of hydrogen-bond acceptors (Lipinski definition) is 5. The zero-order chi connectivity index (χ0) is 13.9. The number of hydrogen-bond donors (Lipinski definition) is 3. The molecule has 0 aliphatic heterocycles. The minimum atomic E-state index is -3.83. The fourth-order valence-corrected chi connectivity index (χ4v) is 4.07. The summed E-state index contributed by atoms with van der Waals surface area (Å²) in [5.74, 6) is -1.13. The van der Waals surface area contributed by atoms with Crippen molar-refractivity contribution in [2.75, 3.05) is 0 Å². The van der Waals surface area contributed by atoms with Gasteiger partial charge in [-0.05, 0) is 18.1 Å². The molecule has 1 heterocycles. The van der Waals surface area contributed by atoms with E-state index in [1.807, 2.05) is 0 Å². The third-order valence-electron chi connectivity index (χ3n) is 2.15. The van der Waals surface area contributed by atoms with E-state index in [0.717, 1.165) is 11.3 Å². The number of carbonyl (C=O) groups excluding carboxylic acids is 1. The second kappa shape index (κ2) is 5.98. The summed E-state index contributed by atoms with van der Waals surface area (Å²) in [4.78, 5) is 11.4. The normalized spacial score (nSPS) is 13.6. The molecule has 0 unspecified atom stereocenters. The van der Waals surface area contributed by atoms with Gasteiger partial charge in [-0.25, -0.2) is 13.9 Å². The SMILES string of the molecule is CC(C)[C@@H](NS(=O)(=O)c1ccc(Cl)s1)C(=O)NO. The molecule has 1 rings (SSSR count). The van der Waals surface area contributed by atoms with E-state index in [1.54, 1.807) is 13.8 Å². The summed E-state index contributed by atoms with van der Waals surface area (Å²) in [6.07, 6.45) is 0. The highest BCUT2D eigenvalue weighted by Gasteiger charge is 2.28. The summed E-state index contributed by atoms with van der Waals surface area (Å²) in [6, 6.07) is 1.75. The van der Waals surface area contributed by atoms with Gasteiger partial charge in [-0.1, -0.05) is 25.4 Å². The summed E-state index contributed by atoms with van der Waals surface area (Å²) in [7, 11) is -3.83. The van der Waals surface area contributed by atoms with Crippen LogP contribution in [0.1, 0.15) is 13.8 Å². The topological polar surface area (TPSA) is 95.5 Å². The molecule has 6 nitrogen and oxygen atoms in total. The van der Waals surface area contributed by atoms with Crippen LogP contribution < -0.4 is 10.2 Å². The molecule has 3 N–H and O–H groups in total. The third-order valence-corrected chi connectivity index (χ3v) is 5.32. The van der Waals surface area contributed by atoms with Crippen LogP contribution in [-0.4, -0.2) is 25.6 Å². The van der Waals surface area contributed by atoms with E-state index < -0.39 is 22.0 Å². The van der Waals surface area contributed by atoms with Crippen LogP contribution in [0.25, 0.3) is 0 Å². The van der Waals surface area contributed by atoms with Crippen molar-refractivity contribution in [3.05, 3.63) is 16.5 Å². The average molecular weight is 313 g/mol. The number of amides is 1. The van der Waals surface area contributed by atoms with Gasteiger partial charge in [-0.2, -0.15) is 4.72 Å². The van der Waals surface area contributed by atoms with Crippen molar-refractivity contribution < 1.29 is 18.4 Å². The lowest BCUT2D eigenvalue weighted by atomic mass is 10.1. The van der Waals surface area contributed by atoms with E-state index in [9.17, 15) is 13.2 Å². The van der Waals surface area contributed by atoms with Crippen LogP contribution >= 0.6 is 22.9 Å². The number of nitrogens with one attached hydrogen (secondary N) is 2. The van der Waals surface area contributed by atoms with E-state index >= 15 is 0 Å². The lowest BCUT2D eigenvalue weighted by Crippen LogP contribution is -2.48. The van der Waals surface area contributed by atoms with Crippen LogP contribution in [0.5, 0.6) is 0 Å². The third kappa shape index (κ3) is 3.66. The maximum absolute atomic E-state index is 12.0. The largest absolute Gasteiger partial charge is 0.289 e. The first kappa shape index (κ1) is 15.4. The molecule has 0 saturated carbocycles. The molecule has 0 spiro atoms. The Balaban J connectivity index is 2.97. The van der Waals surface area contributed by atoms with E-state index in [-0.39, 0.29) is 10.1 Å². The number of thiophene rings is 1. The Labute approximate surface area is 114 Å². The molecular formula is C9H13ClN2O4S2. The molecule has 0 aromatic carbocycles. The lowest BCUT2D eigenvalue weighted by molar-refractivity contribution is -0.131. The second-order valence-electron chi connectivity index (χ2n) is 3.88. The first-order chi connectivity index (χ1) is 8.27. The Hall–Kier alpha value is -0.670. The number of sulfonamides is 1. The number of carbonyl (C=O) groups is 1. The molecule has 9 heteroatoms. The van der Waals surface area contributed by atoms with Crippen molar-refractivity contribution in [3.63, 3.8) is 0 Å². The van der Waals surface area contributed by atoms with Crippen LogP contribution in [0.3, 0.4) is 0 Å². The van der Waals surface area contributed by atoms with Crippen LogP contribution in [0.15, 0.2) is 16.3 Å². The summed E-state index contributed by atoms with van der Waals surface area (Å²) in [5, 5.41) is 8.57. The van der Waals surface area contributed by atoms with Crippen molar-refractivity contribution in [3.8, 4) is 0 Å². The second-order valence-corrected chi connectivity index (χ2v) is 7.53. The van der Waals surface area contributed by atoms with Gasteiger partial charge in [0.15, 0.2) is 0 Å². The van der Waals surface area contributed by atoms with Gasteiger partial charge in [0.1, 0.15) is 10.3 Å². The molecule has 0 fully saturated rings. The molecule has 1 atom stereocenters. The fraction of sp³-hybridized carbons (Fsp3) is 0.444. The maximum atomic E-state index is 12.0. The predicted octanol–water partition coefficient (Wildman–Crippen LogP) is 1.21. The van der Waals surface area contributed by atoms with E-state index in [4.69, 9.17) is 16.8 Å². The Bertz CT molecular complexity index is 526. The van der Waals surface area contributed by atoms with Crippen molar-refractivity contribution in [1.82, 2.24) is 10.2 Å². The smallest absolute Gasteiger partial charge is 0.261 e.